The zero-order valence-corrected chi connectivity index (χ0v) is 13.8. The number of halogens is 3. The molecular weight excluding hydrogens is 325 g/mol. The van der Waals surface area contributed by atoms with Crippen molar-refractivity contribution in [1.82, 2.24) is 0 Å². The van der Waals surface area contributed by atoms with Gasteiger partial charge in [-0.15, -0.1) is 19.8 Å². The zero-order chi connectivity index (χ0) is 18.2. The fraction of sp³-hybridized carbons (Fsp3) is 0.529. The van der Waals surface area contributed by atoms with Gasteiger partial charge in [0.15, 0.2) is 6.29 Å². The summed E-state index contributed by atoms with van der Waals surface area (Å²) in [6.07, 6.45) is -5.12. The number of benzene rings is 1. The lowest BCUT2D eigenvalue weighted by Gasteiger charge is -2.27. The Labute approximate surface area is 139 Å². The number of hydrogen-bond acceptors (Lipinski definition) is 4. The van der Waals surface area contributed by atoms with E-state index >= 15 is 0 Å². The highest BCUT2D eigenvalue weighted by Gasteiger charge is 2.34. The summed E-state index contributed by atoms with van der Waals surface area (Å²) in [7, 11) is 0. The van der Waals surface area contributed by atoms with Crippen LogP contribution in [0.5, 0.6) is 5.75 Å². The topological polar surface area (TPSA) is 47.9 Å². The van der Waals surface area contributed by atoms with Crippen molar-refractivity contribution in [1.29, 1.82) is 0 Å². The Hall–Kier alpha value is -1.57. The summed E-state index contributed by atoms with van der Waals surface area (Å²) in [5.41, 5.74) is 0.214. The largest absolute Gasteiger partial charge is 0.573 e. The van der Waals surface area contributed by atoms with Gasteiger partial charge >= 0.3 is 6.36 Å². The van der Waals surface area contributed by atoms with Crippen molar-refractivity contribution in [3.63, 3.8) is 0 Å². The van der Waals surface area contributed by atoms with Gasteiger partial charge < -0.3 is 19.3 Å². The molecule has 0 heterocycles. The number of para-hydroxylation sites is 1. The molecule has 24 heavy (non-hydrogen) atoms. The van der Waals surface area contributed by atoms with E-state index in [1.807, 2.05) is 0 Å². The number of aliphatic hydroxyl groups excluding tert-OH is 1. The summed E-state index contributed by atoms with van der Waals surface area (Å²) < 4.78 is 52.8. The molecule has 2 unspecified atom stereocenters. The molecule has 0 saturated heterocycles. The Balaban J connectivity index is 3.14. The predicted molar refractivity (Wildman–Crippen MR) is 83.7 cm³/mol. The molecular formula is C17H23F3O4. The van der Waals surface area contributed by atoms with E-state index in [-0.39, 0.29) is 17.7 Å². The first-order valence-electron chi connectivity index (χ1n) is 7.70. The lowest BCUT2D eigenvalue weighted by atomic mass is 9.89. The molecule has 0 aliphatic heterocycles. The molecule has 1 N–H and O–H groups in total. The minimum absolute atomic E-state index is 0.160. The molecule has 2 atom stereocenters. The molecule has 136 valence electrons. The molecule has 0 aliphatic rings. The Morgan fingerprint density at radius 3 is 2.25 bits per heavy atom. The first-order chi connectivity index (χ1) is 11.3. The minimum atomic E-state index is -4.82. The highest BCUT2D eigenvalue weighted by atomic mass is 19.4. The lowest BCUT2D eigenvalue weighted by molar-refractivity contribution is -0.275. The van der Waals surface area contributed by atoms with Crippen molar-refractivity contribution in [2.75, 3.05) is 13.2 Å². The van der Waals surface area contributed by atoms with E-state index in [0.717, 1.165) is 0 Å². The highest BCUT2D eigenvalue weighted by molar-refractivity contribution is 5.37. The predicted octanol–water partition coefficient (Wildman–Crippen LogP) is 4.00. The Kier molecular flexibility index (Phi) is 8.24. The van der Waals surface area contributed by atoms with Gasteiger partial charge in [0.2, 0.25) is 0 Å². The van der Waals surface area contributed by atoms with Crippen LogP contribution < -0.4 is 4.74 Å². The number of aliphatic hydroxyl groups is 1. The SMILES string of the molecule is C=CC(O)C(CC(OCC)OCC)c1ccccc1OC(F)(F)F. The maximum absolute atomic E-state index is 12.6. The monoisotopic (exact) mass is 348 g/mol. The van der Waals surface area contributed by atoms with E-state index in [1.165, 1.54) is 24.3 Å². The second kappa shape index (κ2) is 9.66. The third-order valence-electron chi connectivity index (χ3n) is 3.35. The number of hydrogen-bond donors (Lipinski definition) is 1. The summed E-state index contributed by atoms with van der Waals surface area (Å²) in [6, 6.07) is 5.71. The normalized spacial score (nSPS) is 14.5. The van der Waals surface area contributed by atoms with Crippen molar-refractivity contribution in [3.05, 3.63) is 42.5 Å². The molecule has 0 bridgehead atoms. The fourth-order valence-corrected chi connectivity index (χ4v) is 2.38. The molecule has 7 heteroatoms. The van der Waals surface area contributed by atoms with Crippen molar-refractivity contribution in [2.45, 2.75) is 44.9 Å². The van der Waals surface area contributed by atoms with E-state index in [4.69, 9.17) is 9.47 Å². The van der Waals surface area contributed by atoms with Crippen LogP contribution in [0.15, 0.2) is 36.9 Å². The zero-order valence-electron chi connectivity index (χ0n) is 13.8. The van der Waals surface area contributed by atoms with Crippen molar-refractivity contribution < 1.29 is 32.5 Å². The molecule has 4 nitrogen and oxygen atoms in total. The van der Waals surface area contributed by atoms with E-state index in [2.05, 4.69) is 11.3 Å². The van der Waals surface area contributed by atoms with Gasteiger partial charge in [-0.3, -0.25) is 0 Å². The van der Waals surface area contributed by atoms with Crippen LogP contribution in [0.1, 0.15) is 31.7 Å². The lowest BCUT2D eigenvalue weighted by Crippen LogP contribution is -2.27. The van der Waals surface area contributed by atoms with Gasteiger partial charge in [-0.1, -0.05) is 24.3 Å². The van der Waals surface area contributed by atoms with Crippen molar-refractivity contribution >= 4 is 0 Å². The second-order valence-corrected chi connectivity index (χ2v) is 4.99. The second-order valence-electron chi connectivity index (χ2n) is 4.99. The average Bonchev–Trinajstić information content (AvgIpc) is 2.51. The molecule has 0 radical (unpaired) electrons. The van der Waals surface area contributed by atoms with Gasteiger partial charge in [-0.25, -0.2) is 0 Å². The molecule has 1 rings (SSSR count). The molecule has 0 aliphatic carbocycles. The van der Waals surface area contributed by atoms with Crippen LogP contribution in [0, 0.1) is 0 Å². The van der Waals surface area contributed by atoms with Gasteiger partial charge in [0.05, 0.1) is 6.10 Å². The standard InChI is InChI=1S/C17H23F3O4/c1-4-14(21)13(11-16(22-5-2)23-6-3)12-9-7-8-10-15(12)24-17(18,19)20/h4,7-10,13-14,16,21H,1,5-6,11H2,2-3H3. The van der Waals surface area contributed by atoms with Crippen molar-refractivity contribution in [3.8, 4) is 5.75 Å². The minimum Gasteiger partial charge on any atom is -0.405 e. The Morgan fingerprint density at radius 2 is 1.75 bits per heavy atom. The fourth-order valence-electron chi connectivity index (χ4n) is 2.38. The Bertz CT molecular complexity index is 499. The average molecular weight is 348 g/mol. The van der Waals surface area contributed by atoms with Crippen LogP contribution in [0.4, 0.5) is 13.2 Å². The maximum Gasteiger partial charge on any atom is 0.573 e. The van der Waals surface area contributed by atoms with Gasteiger partial charge in [0.25, 0.3) is 0 Å². The summed E-state index contributed by atoms with van der Waals surface area (Å²) in [4.78, 5) is 0. The summed E-state index contributed by atoms with van der Waals surface area (Å²) in [5, 5.41) is 10.2. The molecule has 0 fully saturated rings. The van der Waals surface area contributed by atoms with Crippen molar-refractivity contribution in [2.24, 2.45) is 0 Å². The van der Waals surface area contributed by atoms with E-state index in [9.17, 15) is 18.3 Å². The number of alkyl halides is 3. The van der Waals surface area contributed by atoms with E-state index in [1.54, 1.807) is 19.9 Å². The van der Waals surface area contributed by atoms with Crippen LogP contribution in [0.3, 0.4) is 0 Å². The van der Waals surface area contributed by atoms with E-state index < -0.39 is 24.7 Å². The molecule has 0 amide bonds. The summed E-state index contributed by atoms with van der Waals surface area (Å²) >= 11 is 0. The van der Waals surface area contributed by atoms with Crippen LogP contribution >= 0.6 is 0 Å². The van der Waals surface area contributed by atoms with Crippen LogP contribution in [-0.2, 0) is 9.47 Å². The third-order valence-corrected chi connectivity index (χ3v) is 3.35. The smallest absolute Gasteiger partial charge is 0.405 e. The quantitative estimate of drug-likeness (QED) is 0.513. The van der Waals surface area contributed by atoms with Gasteiger partial charge in [-0.2, -0.15) is 0 Å². The van der Waals surface area contributed by atoms with Gasteiger partial charge in [0.1, 0.15) is 5.75 Å². The van der Waals surface area contributed by atoms with Crippen LogP contribution in [-0.4, -0.2) is 37.1 Å². The highest BCUT2D eigenvalue weighted by Crippen LogP contribution is 2.36. The molecule has 1 aromatic carbocycles. The molecule has 0 spiro atoms. The molecule has 0 saturated carbocycles. The number of ether oxygens (including phenoxy) is 3. The van der Waals surface area contributed by atoms with Gasteiger partial charge in [0, 0.05) is 31.1 Å². The maximum atomic E-state index is 12.6. The van der Waals surface area contributed by atoms with Crippen LogP contribution in [0.25, 0.3) is 0 Å². The summed E-state index contributed by atoms with van der Waals surface area (Å²) in [6.45, 7) is 7.84. The van der Waals surface area contributed by atoms with Crippen LogP contribution in [0.2, 0.25) is 0 Å². The van der Waals surface area contributed by atoms with Gasteiger partial charge in [-0.05, 0) is 19.9 Å². The first kappa shape index (κ1) is 20.5. The molecule has 1 aromatic rings. The summed E-state index contributed by atoms with van der Waals surface area (Å²) in [5.74, 6) is -1.08. The molecule has 0 aromatic heterocycles. The number of rotatable bonds is 10. The third kappa shape index (κ3) is 6.51. The Morgan fingerprint density at radius 1 is 1.17 bits per heavy atom. The first-order valence-corrected chi connectivity index (χ1v) is 7.70. The van der Waals surface area contributed by atoms with E-state index in [0.29, 0.717) is 13.2 Å².